The van der Waals surface area contributed by atoms with Crippen molar-refractivity contribution in [1.82, 2.24) is 0 Å². The van der Waals surface area contributed by atoms with E-state index in [0.717, 1.165) is 5.56 Å². The first-order chi connectivity index (χ1) is 7.70. The van der Waals surface area contributed by atoms with Gasteiger partial charge in [0.25, 0.3) is 0 Å². The fourth-order valence-electron chi connectivity index (χ4n) is 1.46. The van der Waals surface area contributed by atoms with Crippen LogP contribution in [0.2, 0.25) is 0 Å². The summed E-state index contributed by atoms with van der Waals surface area (Å²) < 4.78 is 5.30. The maximum absolute atomic E-state index is 12.0. The van der Waals surface area contributed by atoms with Crippen LogP contribution in [0.4, 0.5) is 0 Å². The molecule has 0 aliphatic carbocycles. The molecule has 0 spiro atoms. The van der Waals surface area contributed by atoms with Crippen molar-refractivity contribution >= 4 is 5.78 Å². The number of aryl methyl sites for hydroxylation is 1. The summed E-state index contributed by atoms with van der Waals surface area (Å²) in [6, 6.07) is 10.8. The van der Waals surface area contributed by atoms with Crippen LogP contribution in [0, 0.1) is 6.92 Å². The van der Waals surface area contributed by atoms with Gasteiger partial charge in [0.15, 0.2) is 5.76 Å². The number of furan rings is 1. The molecule has 2 N–H and O–H groups in total. The molecule has 0 saturated carbocycles. The van der Waals surface area contributed by atoms with E-state index >= 15 is 0 Å². The highest BCUT2D eigenvalue weighted by atomic mass is 16.3. The second-order valence-corrected chi connectivity index (χ2v) is 3.67. The van der Waals surface area contributed by atoms with E-state index < -0.39 is 0 Å². The Kier molecular flexibility index (Phi) is 2.88. The van der Waals surface area contributed by atoms with E-state index in [-0.39, 0.29) is 5.78 Å². The predicted octanol–water partition coefficient (Wildman–Crippen LogP) is 2.28. The molecule has 0 amide bonds. The van der Waals surface area contributed by atoms with Crippen LogP contribution in [-0.4, -0.2) is 5.78 Å². The Bertz CT molecular complexity index is 497. The first kappa shape index (κ1) is 10.6. The molecule has 0 fully saturated rings. The predicted molar refractivity (Wildman–Crippen MR) is 61.2 cm³/mol. The van der Waals surface area contributed by atoms with Crippen molar-refractivity contribution in [3.63, 3.8) is 0 Å². The van der Waals surface area contributed by atoms with E-state index in [2.05, 4.69) is 0 Å². The summed E-state index contributed by atoms with van der Waals surface area (Å²) in [5.74, 6) is 0.847. The lowest BCUT2D eigenvalue weighted by Crippen LogP contribution is -1.99. The van der Waals surface area contributed by atoms with Gasteiger partial charge in [0.05, 0.1) is 6.54 Å². The topological polar surface area (TPSA) is 56.2 Å². The third kappa shape index (κ3) is 2.04. The molecular weight excluding hydrogens is 202 g/mol. The zero-order valence-electron chi connectivity index (χ0n) is 9.07. The van der Waals surface area contributed by atoms with Crippen LogP contribution in [0.1, 0.15) is 27.4 Å². The molecule has 1 aromatic heterocycles. The molecule has 0 unspecified atom stereocenters. The van der Waals surface area contributed by atoms with Crippen LogP contribution >= 0.6 is 0 Å². The summed E-state index contributed by atoms with van der Waals surface area (Å²) in [7, 11) is 0. The second kappa shape index (κ2) is 4.33. The molecule has 2 rings (SSSR count). The van der Waals surface area contributed by atoms with Crippen molar-refractivity contribution in [2.24, 2.45) is 5.73 Å². The molecule has 0 radical (unpaired) electrons. The zero-order valence-corrected chi connectivity index (χ0v) is 9.07. The van der Waals surface area contributed by atoms with Crippen LogP contribution in [0.3, 0.4) is 0 Å². The van der Waals surface area contributed by atoms with Gasteiger partial charge >= 0.3 is 0 Å². The second-order valence-electron chi connectivity index (χ2n) is 3.67. The van der Waals surface area contributed by atoms with Crippen LogP contribution < -0.4 is 5.73 Å². The number of carbonyl (C=O) groups excluding carboxylic acids is 1. The summed E-state index contributed by atoms with van der Waals surface area (Å²) >= 11 is 0. The smallest absolute Gasteiger partial charge is 0.228 e. The van der Waals surface area contributed by atoms with Gasteiger partial charge in [0.2, 0.25) is 5.78 Å². The maximum Gasteiger partial charge on any atom is 0.228 e. The minimum atomic E-state index is -0.111. The summed E-state index contributed by atoms with van der Waals surface area (Å²) in [6.45, 7) is 2.29. The van der Waals surface area contributed by atoms with Crippen molar-refractivity contribution in [3.8, 4) is 0 Å². The summed E-state index contributed by atoms with van der Waals surface area (Å²) in [5, 5.41) is 0. The fourth-order valence-corrected chi connectivity index (χ4v) is 1.46. The van der Waals surface area contributed by atoms with E-state index in [4.69, 9.17) is 10.2 Å². The van der Waals surface area contributed by atoms with Crippen LogP contribution in [0.15, 0.2) is 40.8 Å². The molecule has 0 saturated heterocycles. The van der Waals surface area contributed by atoms with Gasteiger partial charge in [0.1, 0.15) is 5.76 Å². The van der Waals surface area contributed by atoms with Crippen molar-refractivity contribution in [2.45, 2.75) is 13.5 Å². The number of ketones is 1. The van der Waals surface area contributed by atoms with E-state index in [1.807, 2.05) is 19.1 Å². The monoisotopic (exact) mass is 215 g/mol. The number of rotatable bonds is 3. The van der Waals surface area contributed by atoms with Gasteiger partial charge in [-0.05, 0) is 19.1 Å². The highest BCUT2D eigenvalue weighted by Gasteiger charge is 2.12. The average Bonchev–Trinajstić information content (AvgIpc) is 2.77. The molecule has 16 heavy (non-hydrogen) atoms. The number of nitrogens with two attached hydrogens (primary N) is 1. The third-order valence-corrected chi connectivity index (χ3v) is 2.40. The van der Waals surface area contributed by atoms with Gasteiger partial charge < -0.3 is 10.2 Å². The average molecular weight is 215 g/mol. The molecule has 82 valence electrons. The largest absolute Gasteiger partial charge is 0.456 e. The summed E-state index contributed by atoms with van der Waals surface area (Å²) in [4.78, 5) is 12.0. The number of benzene rings is 1. The Morgan fingerprint density at radius 3 is 2.44 bits per heavy atom. The van der Waals surface area contributed by atoms with Crippen molar-refractivity contribution in [1.29, 1.82) is 0 Å². The minimum absolute atomic E-state index is 0.111. The van der Waals surface area contributed by atoms with E-state index in [1.165, 1.54) is 0 Å². The van der Waals surface area contributed by atoms with Crippen molar-refractivity contribution in [3.05, 3.63) is 59.0 Å². The van der Waals surface area contributed by atoms with Crippen molar-refractivity contribution in [2.75, 3.05) is 0 Å². The Labute approximate surface area is 93.9 Å². The quantitative estimate of drug-likeness (QED) is 0.799. The minimum Gasteiger partial charge on any atom is -0.456 e. The van der Waals surface area contributed by atoms with E-state index in [1.54, 1.807) is 24.3 Å². The Morgan fingerprint density at radius 2 is 1.88 bits per heavy atom. The fraction of sp³-hybridized carbons (Fsp3) is 0.154. The molecular formula is C13H13NO2. The first-order valence-corrected chi connectivity index (χ1v) is 5.11. The molecule has 1 heterocycles. The first-order valence-electron chi connectivity index (χ1n) is 5.11. The summed E-state index contributed by atoms with van der Waals surface area (Å²) in [5.41, 5.74) is 7.17. The highest BCUT2D eigenvalue weighted by Crippen LogP contribution is 2.13. The Hall–Kier alpha value is -1.87. The number of hydrogen-bond donors (Lipinski definition) is 1. The molecule has 0 atom stereocenters. The van der Waals surface area contributed by atoms with Crippen molar-refractivity contribution < 1.29 is 9.21 Å². The third-order valence-electron chi connectivity index (χ3n) is 2.40. The SMILES string of the molecule is Cc1ccc(C(=O)c2ccc(CN)o2)cc1. The normalized spacial score (nSPS) is 10.4. The lowest BCUT2D eigenvalue weighted by molar-refractivity contribution is 0.101. The molecule has 1 aromatic carbocycles. The van der Waals surface area contributed by atoms with Gasteiger partial charge in [-0.2, -0.15) is 0 Å². The molecule has 0 aliphatic heterocycles. The standard InChI is InChI=1S/C13H13NO2/c1-9-2-4-10(5-3-9)13(15)12-7-6-11(8-14)16-12/h2-7H,8,14H2,1H3. The van der Waals surface area contributed by atoms with Crippen LogP contribution in [0.5, 0.6) is 0 Å². The van der Waals surface area contributed by atoms with Crippen LogP contribution in [-0.2, 0) is 6.54 Å². The molecule has 3 heteroatoms. The summed E-state index contributed by atoms with van der Waals surface area (Å²) in [6.07, 6.45) is 0. The van der Waals surface area contributed by atoms with Gasteiger partial charge in [-0.1, -0.05) is 29.8 Å². The molecule has 0 aliphatic rings. The molecule has 0 bridgehead atoms. The highest BCUT2D eigenvalue weighted by molar-refractivity contribution is 6.07. The molecule has 2 aromatic rings. The Morgan fingerprint density at radius 1 is 1.19 bits per heavy atom. The lowest BCUT2D eigenvalue weighted by Gasteiger charge is -1.98. The van der Waals surface area contributed by atoms with Crippen LogP contribution in [0.25, 0.3) is 0 Å². The zero-order chi connectivity index (χ0) is 11.5. The number of carbonyl (C=O) groups is 1. The van der Waals surface area contributed by atoms with Gasteiger partial charge in [-0.15, -0.1) is 0 Å². The number of hydrogen-bond acceptors (Lipinski definition) is 3. The lowest BCUT2D eigenvalue weighted by atomic mass is 10.1. The van der Waals surface area contributed by atoms with E-state index in [0.29, 0.717) is 23.6 Å². The Balaban J connectivity index is 2.28. The maximum atomic E-state index is 12.0. The molecule has 3 nitrogen and oxygen atoms in total. The van der Waals surface area contributed by atoms with Gasteiger partial charge in [0, 0.05) is 5.56 Å². The van der Waals surface area contributed by atoms with E-state index in [9.17, 15) is 4.79 Å². The van der Waals surface area contributed by atoms with Gasteiger partial charge in [-0.25, -0.2) is 0 Å². The van der Waals surface area contributed by atoms with Gasteiger partial charge in [-0.3, -0.25) is 4.79 Å².